The molecule has 0 unspecified atom stereocenters. The van der Waals surface area contributed by atoms with Gasteiger partial charge in [0, 0.05) is 11.9 Å². The van der Waals surface area contributed by atoms with E-state index in [1.165, 1.54) is 11.1 Å². The van der Waals surface area contributed by atoms with Gasteiger partial charge in [-0.2, -0.15) is 0 Å². The van der Waals surface area contributed by atoms with Crippen LogP contribution in [0.15, 0.2) is 65.8 Å². The van der Waals surface area contributed by atoms with E-state index < -0.39 is 0 Å². The Morgan fingerprint density at radius 3 is 2.48 bits per heavy atom. The molecule has 0 atom stereocenters. The molecular weight excluding hydrogens is 284 g/mol. The highest BCUT2D eigenvalue weighted by Gasteiger charge is 2.02. The van der Waals surface area contributed by atoms with E-state index in [2.05, 4.69) is 47.7 Å². The number of ether oxygens (including phenoxy) is 1. The molecule has 2 aromatic carbocycles. The third-order valence-electron chi connectivity index (χ3n) is 3.82. The molecule has 0 amide bonds. The number of hydrogen-bond acceptors (Lipinski definition) is 2. The molecule has 0 spiro atoms. The second kappa shape index (κ2) is 6.53. The fourth-order valence-corrected chi connectivity index (χ4v) is 2.56. The van der Waals surface area contributed by atoms with Gasteiger partial charge in [0.05, 0.1) is 24.7 Å². The first-order chi connectivity index (χ1) is 11.2. The Kier molecular flexibility index (Phi) is 4.29. The van der Waals surface area contributed by atoms with E-state index >= 15 is 0 Å². The zero-order valence-electron chi connectivity index (χ0n) is 13.7. The monoisotopic (exact) mass is 304 g/mol. The highest BCUT2D eigenvalue weighted by Crippen LogP contribution is 2.20. The molecule has 0 aliphatic carbocycles. The number of methoxy groups -OCH3 is 1. The van der Waals surface area contributed by atoms with Gasteiger partial charge < -0.3 is 9.30 Å². The molecule has 0 aliphatic heterocycles. The largest absolute Gasteiger partial charge is 0.497 e. The molecule has 0 bridgehead atoms. The van der Waals surface area contributed by atoms with Crippen LogP contribution in [0.4, 0.5) is 5.69 Å². The molecule has 3 aromatic rings. The summed E-state index contributed by atoms with van der Waals surface area (Å²) in [5.41, 5.74) is 5.55. The van der Waals surface area contributed by atoms with Crippen molar-refractivity contribution in [2.24, 2.45) is 4.99 Å². The first-order valence-electron chi connectivity index (χ1n) is 7.60. The van der Waals surface area contributed by atoms with Crippen LogP contribution in [0.25, 0.3) is 5.69 Å². The molecule has 3 heteroatoms. The predicted octanol–water partition coefficient (Wildman–Crippen LogP) is 4.85. The minimum absolute atomic E-state index is 0.853. The standard InChI is InChI=1S/C20H20N2O/c1-15-6-11-20(16(2)13-15)21-14-18-5-4-12-22(18)17-7-9-19(23-3)10-8-17/h4-14H,1-3H3. The van der Waals surface area contributed by atoms with E-state index in [9.17, 15) is 0 Å². The van der Waals surface area contributed by atoms with Crippen molar-refractivity contribution in [1.29, 1.82) is 0 Å². The fourth-order valence-electron chi connectivity index (χ4n) is 2.56. The third-order valence-corrected chi connectivity index (χ3v) is 3.82. The molecule has 3 rings (SSSR count). The molecular formula is C20H20N2O. The van der Waals surface area contributed by atoms with Gasteiger partial charge in [-0.15, -0.1) is 0 Å². The van der Waals surface area contributed by atoms with Crippen molar-refractivity contribution in [3.05, 3.63) is 77.6 Å². The topological polar surface area (TPSA) is 26.5 Å². The lowest BCUT2D eigenvalue weighted by molar-refractivity contribution is 0.415. The third kappa shape index (κ3) is 3.34. The lowest BCUT2D eigenvalue weighted by Gasteiger charge is -2.07. The van der Waals surface area contributed by atoms with Crippen LogP contribution in [0.2, 0.25) is 0 Å². The Labute approximate surface area is 136 Å². The number of nitrogens with zero attached hydrogens (tertiary/aromatic N) is 2. The molecule has 0 saturated carbocycles. The van der Waals surface area contributed by atoms with Crippen molar-refractivity contribution < 1.29 is 4.74 Å². The number of hydrogen-bond donors (Lipinski definition) is 0. The van der Waals surface area contributed by atoms with E-state index in [1.807, 2.05) is 42.7 Å². The zero-order chi connectivity index (χ0) is 16.2. The maximum absolute atomic E-state index is 5.21. The van der Waals surface area contributed by atoms with Crippen LogP contribution in [-0.2, 0) is 0 Å². The van der Waals surface area contributed by atoms with Crippen LogP contribution < -0.4 is 4.74 Å². The van der Waals surface area contributed by atoms with E-state index in [0.29, 0.717) is 0 Å². The van der Waals surface area contributed by atoms with Gasteiger partial charge in [0.15, 0.2) is 0 Å². The Hall–Kier alpha value is -2.81. The Bertz CT molecular complexity index is 829. The highest BCUT2D eigenvalue weighted by molar-refractivity contribution is 5.81. The zero-order valence-corrected chi connectivity index (χ0v) is 13.7. The summed E-state index contributed by atoms with van der Waals surface area (Å²) in [6.45, 7) is 4.18. The summed E-state index contributed by atoms with van der Waals surface area (Å²) in [6.07, 6.45) is 3.94. The van der Waals surface area contributed by atoms with Gasteiger partial charge in [0.2, 0.25) is 0 Å². The minimum Gasteiger partial charge on any atom is -0.497 e. The molecule has 116 valence electrons. The molecule has 3 nitrogen and oxygen atoms in total. The fraction of sp³-hybridized carbons (Fsp3) is 0.150. The second-order valence-corrected chi connectivity index (χ2v) is 5.55. The summed E-state index contributed by atoms with van der Waals surface area (Å²) < 4.78 is 7.31. The maximum atomic E-state index is 5.21. The Morgan fingerprint density at radius 1 is 1.00 bits per heavy atom. The Balaban J connectivity index is 1.89. The van der Waals surface area contributed by atoms with Gasteiger partial charge in [-0.25, -0.2) is 0 Å². The number of aliphatic imine (C=N–C) groups is 1. The number of aromatic nitrogens is 1. The quantitative estimate of drug-likeness (QED) is 0.633. The summed E-state index contributed by atoms with van der Waals surface area (Å²) in [7, 11) is 1.67. The average Bonchev–Trinajstić information content (AvgIpc) is 3.02. The van der Waals surface area contributed by atoms with Gasteiger partial charge in [-0.3, -0.25) is 4.99 Å². The predicted molar refractivity (Wildman–Crippen MR) is 95.5 cm³/mol. The normalized spacial score (nSPS) is 11.1. The maximum Gasteiger partial charge on any atom is 0.119 e. The van der Waals surface area contributed by atoms with Gasteiger partial charge in [-0.1, -0.05) is 17.7 Å². The molecule has 0 N–H and O–H groups in total. The summed E-state index contributed by atoms with van der Waals surface area (Å²) in [6, 6.07) is 18.4. The number of aryl methyl sites for hydroxylation is 2. The van der Waals surface area contributed by atoms with Crippen molar-refractivity contribution in [1.82, 2.24) is 4.57 Å². The lowest BCUT2D eigenvalue weighted by atomic mass is 10.1. The molecule has 23 heavy (non-hydrogen) atoms. The minimum atomic E-state index is 0.853. The van der Waals surface area contributed by atoms with Gasteiger partial charge in [0.25, 0.3) is 0 Å². The second-order valence-electron chi connectivity index (χ2n) is 5.55. The van der Waals surface area contributed by atoms with Crippen LogP contribution in [0.5, 0.6) is 5.75 Å². The van der Waals surface area contributed by atoms with Crippen molar-refractivity contribution in [3.63, 3.8) is 0 Å². The molecule has 0 radical (unpaired) electrons. The first-order valence-corrected chi connectivity index (χ1v) is 7.60. The smallest absolute Gasteiger partial charge is 0.119 e. The lowest BCUT2D eigenvalue weighted by Crippen LogP contribution is -1.97. The van der Waals surface area contributed by atoms with Crippen LogP contribution in [0.1, 0.15) is 16.8 Å². The van der Waals surface area contributed by atoms with Crippen LogP contribution in [-0.4, -0.2) is 17.9 Å². The number of rotatable bonds is 4. The first kappa shape index (κ1) is 15.1. The SMILES string of the molecule is COc1ccc(-n2cccc2C=Nc2ccc(C)cc2C)cc1. The highest BCUT2D eigenvalue weighted by atomic mass is 16.5. The van der Waals surface area contributed by atoms with Crippen molar-refractivity contribution in [3.8, 4) is 11.4 Å². The molecule has 0 saturated heterocycles. The summed E-state index contributed by atoms with van der Waals surface area (Å²) in [5.74, 6) is 0.853. The van der Waals surface area contributed by atoms with Crippen LogP contribution in [0, 0.1) is 13.8 Å². The van der Waals surface area contributed by atoms with Crippen molar-refractivity contribution >= 4 is 11.9 Å². The summed E-state index contributed by atoms with van der Waals surface area (Å²) in [4.78, 5) is 4.64. The molecule has 1 heterocycles. The van der Waals surface area contributed by atoms with E-state index in [-0.39, 0.29) is 0 Å². The Morgan fingerprint density at radius 2 is 1.78 bits per heavy atom. The van der Waals surface area contributed by atoms with Gasteiger partial charge >= 0.3 is 0 Å². The van der Waals surface area contributed by atoms with Crippen LogP contribution >= 0.6 is 0 Å². The van der Waals surface area contributed by atoms with Crippen molar-refractivity contribution in [2.75, 3.05) is 7.11 Å². The van der Waals surface area contributed by atoms with Gasteiger partial charge in [-0.05, 0) is 61.9 Å². The van der Waals surface area contributed by atoms with Crippen LogP contribution in [0.3, 0.4) is 0 Å². The summed E-state index contributed by atoms with van der Waals surface area (Å²) in [5, 5.41) is 0. The molecule has 0 aliphatic rings. The molecule has 1 aromatic heterocycles. The number of benzene rings is 2. The summed E-state index contributed by atoms with van der Waals surface area (Å²) >= 11 is 0. The van der Waals surface area contributed by atoms with E-state index in [4.69, 9.17) is 4.74 Å². The van der Waals surface area contributed by atoms with Gasteiger partial charge in [0.1, 0.15) is 5.75 Å². The average molecular weight is 304 g/mol. The van der Waals surface area contributed by atoms with E-state index in [1.54, 1.807) is 7.11 Å². The van der Waals surface area contributed by atoms with Crippen molar-refractivity contribution in [2.45, 2.75) is 13.8 Å². The molecule has 0 fully saturated rings. The van der Waals surface area contributed by atoms with E-state index in [0.717, 1.165) is 22.8 Å².